The van der Waals surface area contributed by atoms with Gasteiger partial charge < -0.3 is 5.11 Å². The highest BCUT2D eigenvalue weighted by atomic mass is 32.2. The Balaban J connectivity index is 2.04. The Morgan fingerprint density at radius 1 is 1.19 bits per heavy atom. The molecule has 0 amide bonds. The number of sulfonamides is 1. The van der Waals surface area contributed by atoms with Gasteiger partial charge in [-0.05, 0) is 29.7 Å². The molecule has 0 saturated heterocycles. The molecule has 1 atom stereocenters. The van der Waals surface area contributed by atoms with Crippen LogP contribution in [0.5, 0.6) is 0 Å². The maximum atomic E-state index is 12.2. The minimum absolute atomic E-state index is 0.0523. The first kappa shape index (κ1) is 15.6. The highest BCUT2D eigenvalue weighted by molar-refractivity contribution is 7.88. The fourth-order valence-electron chi connectivity index (χ4n) is 1.97. The molecule has 0 bridgehead atoms. The van der Waals surface area contributed by atoms with Gasteiger partial charge in [0.25, 0.3) is 0 Å². The van der Waals surface area contributed by atoms with Gasteiger partial charge in [-0.25, -0.2) is 13.1 Å². The van der Waals surface area contributed by atoms with Crippen molar-refractivity contribution < 1.29 is 13.5 Å². The van der Waals surface area contributed by atoms with Gasteiger partial charge in [0.05, 0.1) is 12.4 Å². The Morgan fingerprint density at radius 2 is 1.86 bits per heavy atom. The summed E-state index contributed by atoms with van der Waals surface area (Å²) in [4.78, 5) is 3.98. The molecular weight excluding hydrogens is 288 g/mol. The van der Waals surface area contributed by atoms with Gasteiger partial charge in [0.15, 0.2) is 0 Å². The molecule has 1 aromatic heterocycles. The monoisotopic (exact) mass is 306 g/mol. The van der Waals surface area contributed by atoms with E-state index < -0.39 is 10.0 Å². The number of benzene rings is 1. The SMILES string of the molecule is CC(NS(=O)(=O)Cc1ccc(CO)cc1)c1cccnc1. The molecule has 0 saturated carbocycles. The average Bonchev–Trinajstić information content (AvgIpc) is 2.48. The molecule has 1 aromatic carbocycles. The summed E-state index contributed by atoms with van der Waals surface area (Å²) in [5.74, 6) is -0.0939. The number of hydrogen-bond donors (Lipinski definition) is 2. The number of aromatic nitrogens is 1. The van der Waals surface area contributed by atoms with Crippen LogP contribution in [0.3, 0.4) is 0 Å². The molecule has 6 heteroatoms. The Labute approximate surface area is 124 Å². The van der Waals surface area contributed by atoms with Crippen molar-refractivity contribution in [1.82, 2.24) is 9.71 Å². The molecule has 2 aromatic rings. The molecule has 0 aliphatic carbocycles. The number of pyridine rings is 1. The molecule has 0 fully saturated rings. The summed E-state index contributed by atoms with van der Waals surface area (Å²) in [5.41, 5.74) is 2.25. The molecule has 2 rings (SSSR count). The highest BCUT2D eigenvalue weighted by Gasteiger charge is 2.16. The van der Waals surface area contributed by atoms with Crippen LogP contribution in [0.15, 0.2) is 48.8 Å². The molecule has 1 heterocycles. The van der Waals surface area contributed by atoms with Crippen molar-refractivity contribution in [2.24, 2.45) is 0 Å². The van der Waals surface area contributed by atoms with Gasteiger partial charge in [0.2, 0.25) is 10.0 Å². The van der Waals surface area contributed by atoms with E-state index in [9.17, 15) is 8.42 Å². The number of hydrogen-bond acceptors (Lipinski definition) is 4. The van der Waals surface area contributed by atoms with Gasteiger partial charge in [0, 0.05) is 18.4 Å². The van der Waals surface area contributed by atoms with E-state index in [1.165, 1.54) is 0 Å². The predicted octanol–water partition coefficient (Wildman–Crippen LogP) is 1.75. The summed E-state index contributed by atoms with van der Waals surface area (Å²) in [7, 11) is -3.44. The number of nitrogens with one attached hydrogen (secondary N) is 1. The summed E-state index contributed by atoms with van der Waals surface area (Å²) in [5, 5.41) is 8.97. The van der Waals surface area contributed by atoms with E-state index in [-0.39, 0.29) is 18.4 Å². The lowest BCUT2D eigenvalue weighted by Gasteiger charge is -2.14. The molecule has 0 spiro atoms. The Bertz CT molecular complexity index is 670. The smallest absolute Gasteiger partial charge is 0.216 e. The van der Waals surface area contributed by atoms with Gasteiger partial charge in [0.1, 0.15) is 0 Å². The quantitative estimate of drug-likeness (QED) is 0.852. The Morgan fingerprint density at radius 3 is 2.43 bits per heavy atom. The summed E-state index contributed by atoms with van der Waals surface area (Å²) in [6.07, 6.45) is 3.29. The number of nitrogens with zero attached hydrogens (tertiary/aromatic N) is 1. The van der Waals surface area contributed by atoms with Crippen molar-refractivity contribution in [1.29, 1.82) is 0 Å². The van der Waals surface area contributed by atoms with Crippen LogP contribution in [-0.4, -0.2) is 18.5 Å². The number of aliphatic hydroxyl groups excluding tert-OH is 1. The standard InChI is InChI=1S/C15H18N2O3S/c1-12(15-3-2-8-16-9-15)17-21(19,20)11-14-6-4-13(10-18)5-7-14/h2-9,12,17-18H,10-11H2,1H3. The van der Waals surface area contributed by atoms with E-state index in [0.29, 0.717) is 5.56 Å². The van der Waals surface area contributed by atoms with E-state index in [1.54, 1.807) is 49.6 Å². The van der Waals surface area contributed by atoms with E-state index >= 15 is 0 Å². The van der Waals surface area contributed by atoms with E-state index in [2.05, 4.69) is 9.71 Å². The van der Waals surface area contributed by atoms with Crippen LogP contribution < -0.4 is 4.72 Å². The largest absolute Gasteiger partial charge is 0.392 e. The first-order chi connectivity index (χ1) is 10.00. The second-order valence-corrected chi connectivity index (χ2v) is 6.61. The van der Waals surface area contributed by atoms with Crippen LogP contribution in [0.25, 0.3) is 0 Å². The first-order valence-electron chi connectivity index (χ1n) is 6.59. The molecule has 112 valence electrons. The predicted molar refractivity (Wildman–Crippen MR) is 80.8 cm³/mol. The molecule has 1 unspecified atom stereocenters. The minimum Gasteiger partial charge on any atom is -0.392 e. The fraction of sp³-hybridized carbons (Fsp3) is 0.267. The Hall–Kier alpha value is -1.76. The summed E-state index contributed by atoms with van der Waals surface area (Å²) < 4.78 is 26.9. The van der Waals surface area contributed by atoms with Crippen molar-refractivity contribution in [2.75, 3.05) is 0 Å². The van der Waals surface area contributed by atoms with E-state index in [1.807, 2.05) is 6.07 Å². The zero-order valence-electron chi connectivity index (χ0n) is 11.7. The minimum atomic E-state index is -3.44. The highest BCUT2D eigenvalue weighted by Crippen LogP contribution is 2.14. The van der Waals surface area contributed by atoms with Crippen molar-refractivity contribution in [3.05, 3.63) is 65.5 Å². The Kier molecular flexibility index (Phi) is 5.06. The third kappa shape index (κ3) is 4.63. The van der Waals surface area contributed by atoms with Crippen LogP contribution in [0, 0.1) is 0 Å². The second kappa shape index (κ2) is 6.80. The molecule has 0 radical (unpaired) electrons. The summed E-state index contributed by atoms with van der Waals surface area (Å²) in [6.45, 7) is 1.73. The summed E-state index contributed by atoms with van der Waals surface area (Å²) >= 11 is 0. The van der Waals surface area contributed by atoms with Crippen LogP contribution >= 0.6 is 0 Å². The van der Waals surface area contributed by atoms with E-state index in [0.717, 1.165) is 11.1 Å². The zero-order chi connectivity index (χ0) is 15.3. The van der Waals surface area contributed by atoms with Crippen molar-refractivity contribution in [3.8, 4) is 0 Å². The molecule has 0 aliphatic rings. The van der Waals surface area contributed by atoms with Crippen molar-refractivity contribution in [2.45, 2.75) is 25.3 Å². The molecule has 5 nitrogen and oxygen atoms in total. The van der Waals surface area contributed by atoms with Gasteiger partial charge >= 0.3 is 0 Å². The molecule has 2 N–H and O–H groups in total. The third-order valence-electron chi connectivity index (χ3n) is 3.10. The van der Waals surface area contributed by atoms with Crippen LogP contribution in [0.2, 0.25) is 0 Å². The molecular formula is C15H18N2O3S. The lowest BCUT2D eigenvalue weighted by atomic mass is 10.2. The summed E-state index contributed by atoms with van der Waals surface area (Å²) in [6, 6.07) is 10.1. The van der Waals surface area contributed by atoms with E-state index in [4.69, 9.17) is 5.11 Å². The second-order valence-electron chi connectivity index (χ2n) is 4.86. The lowest BCUT2D eigenvalue weighted by molar-refractivity contribution is 0.282. The topological polar surface area (TPSA) is 79.3 Å². The fourth-order valence-corrected chi connectivity index (χ4v) is 3.36. The molecule has 0 aliphatic heterocycles. The number of rotatable bonds is 6. The van der Waals surface area contributed by atoms with Gasteiger partial charge in [-0.15, -0.1) is 0 Å². The van der Waals surface area contributed by atoms with Crippen LogP contribution in [0.4, 0.5) is 0 Å². The van der Waals surface area contributed by atoms with Crippen molar-refractivity contribution >= 4 is 10.0 Å². The van der Waals surface area contributed by atoms with Crippen LogP contribution in [-0.2, 0) is 22.4 Å². The maximum absolute atomic E-state index is 12.2. The zero-order valence-corrected chi connectivity index (χ0v) is 12.5. The number of aliphatic hydroxyl groups is 1. The van der Waals surface area contributed by atoms with Crippen LogP contribution in [0.1, 0.15) is 29.7 Å². The molecule has 21 heavy (non-hydrogen) atoms. The average molecular weight is 306 g/mol. The normalized spacial score (nSPS) is 13.0. The maximum Gasteiger partial charge on any atom is 0.216 e. The third-order valence-corrected chi connectivity index (χ3v) is 4.53. The van der Waals surface area contributed by atoms with Gasteiger partial charge in [-0.3, -0.25) is 4.98 Å². The van der Waals surface area contributed by atoms with Crippen molar-refractivity contribution in [3.63, 3.8) is 0 Å². The lowest BCUT2D eigenvalue weighted by Crippen LogP contribution is -2.28. The van der Waals surface area contributed by atoms with Gasteiger partial charge in [-0.2, -0.15) is 0 Å². The first-order valence-corrected chi connectivity index (χ1v) is 8.24. The van der Waals surface area contributed by atoms with Gasteiger partial charge in [-0.1, -0.05) is 30.3 Å².